The number of aromatic nitrogens is 2. The van der Waals surface area contributed by atoms with Crippen molar-refractivity contribution in [3.8, 4) is 16.3 Å². The summed E-state index contributed by atoms with van der Waals surface area (Å²) in [6.07, 6.45) is 2.63. The number of aryl methyl sites for hydroxylation is 2. The predicted octanol–water partition coefficient (Wildman–Crippen LogP) is 9.16. The number of amides is 4. The molecule has 4 aromatic carbocycles. The highest BCUT2D eigenvalue weighted by Gasteiger charge is 2.68. The van der Waals surface area contributed by atoms with Crippen LogP contribution in [0.2, 0.25) is 5.02 Å². The third-order valence-electron chi connectivity index (χ3n) is 12.8. The van der Waals surface area contributed by atoms with Gasteiger partial charge in [0.25, 0.3) is 0 Å². The minimum atomic E-state index is -1.26. The summed E-state index contributed by atoms with van der Waals surface area (Å²) in [5.41, 5.74) is 2.60. The van der Waals surface area contributed by atoms with Gasteiger partial charge < -0.3 is 5.11 Å². The highest BCUT2D eigenvalue weighted by Crippen LogP contribution is 2.64. The van der Waals surface area contributed by atoms with Crippen LogP contribution in [0.15, 0.2) is 96.6 Å². The summed E-state index contributed by atoms with van der Waals surface area (Å²) in [5, 5.41) is 18.9. The lowest BCUT2D eigenvalue weighted by Gasteiger charge is -2.49. The van der Waals surface area contributed by atoms with Gasteiger partial charge in [0, 0.05) is 37.7 Å². The summed E-state index contributed by atoms with van der Waals surface area (Å²) in [6, 6.07) is 25.9. The topological polar surface area (TPSA) is 113 Å². The molecule has 4 heterocycles. The summed E-state index contributed by atoms with van der Waals surface area (Å²) >= 11 is 10.1. The second-order valence-corrected chi connectivity index (χ2v) is 18.3. The number of phenolic OH excluding ortho intramolecular Hbond substituents is 1. The molecule has 12 heteroatoms. The van der Waals surface area contributed by atoms with E-state index in [-0.39, 0.29) is 35.8 Å². The number of hydrogen-bond donors (Lipinski definition) is 1. The van der Waals surface area contributed by atoms with Gasteiger partial charge in [-0.05, 0) is 126 Å². The minimum Gasteiger partial charge on any atom is -0.507 e. The number of thiophene rings is 1. The van der Waals surface area contributed by atoms with Crippen LogP contribution in [0.4, 0.5) is 11.5 Å². The molecule has 2 aliphatic carbocycles. The Hall–Kier alpha value is -4.85. The maximum Gasteiger partial charge on any atom is 0.242 e. The molecular formula is C44H34ClIN4O5S. The third kappa shape index (κ3) is 4.86. The molecule has 0 spiro atoms. The van der Waals surface area contributed by atoms with Crippen LogP contribution in [-0.2, 0) is 26.2 Å². The van der Waals surface area contributed by atoms with Crippen molar-refractivity contribution in [1.29, 1.82) is 0 Å². The first kappa shape index (κ1) is 35.6. The van der Waals surface area contributed by atoms with Gasteiger partial charge in [0.1, 0.15) is 17.3 Å². The van der Waals surface area contributed by atoms with Crippen LogP contribution in [0.25, 0.3) is 31.4 Å². The normalized spacial score (nSPS) is 25.9. The van der Waals surface area contributed by atoms with Crippen molar-refractivity contribution in [2.75, 3.05) is 9.80 Å². The third-order valence-corrected chi connectivity index (χ3v) is 15.1. The van der Waals surface area contributed by atoms with Crippen molar-refractivity contribution in [2.45, 2.75) is 32.6 Å². The molecule has 4 amide bonds. The monoisotopic (exact) mass is 892 g/mol. The number of nitrogens with zero attached hydrogens (tertiary/aromatic N) is 4. The smallest absolute Gasteiger partial charge is 0.242 e. The highest BCUT2D eigenvalue weighted by atomic mass is 127. The van der Waals surface area contributed by atoms with E-state index in [1.54, 1.807) is 47.3 Å². The van der Waals surface area contributed by atoms with Gasteiger partial charge in [-0.1, -0.05) is 53.6 Å². The fourth-order valence-electron chi connectivity index (χ4n) is 10.2. The number of imide groups is 2. The summed E-state index contributed by atoms with van der Waals surface area (Å²) in [4.78, 5) is 62.5. The zero-order valence-electron chi connectivity index (χ0n) is 30.5. The summed E-state index contributed by atoms with van der Waals surface area (Å²) in [7, 11) is 1.74. The Kier molecular flexibility index (Phi) is 7.98. The van der Waals surface area contributed by atoms with Crippen molar-refractivity contribution in [1.82, 2.24) is 9.78 Å². The van der Waals surface area contributed by atoms with Gasteiger partial charge in [-0.15, -0.1) is 11.3 Å². The Bertz CT molecular complexity index is 2780. The SMILES string of the molecule is Cc1c(-c2cc(N3C(=O)C4CC5C(=CCC6C(=O)N(c7ccc(I)cc7)C(=O)C65)C(c5ccc(O)c6ccccc56)C4(C)C3=O)n(C)n2)sc2ccc(Cl)cc12. The number of carbonyl (C=O) groups is 4. The highest BCUT2D eigenvalue weighted by molar-refractivity contribution is 14.1. The molecule has 6 unspecified atom stereocenters. The summed E-state index contributed by atoms with van der Waals surface area (Å²) in [6.45, 7) is 3.90. The van der Waals surface area contributed by atoms with Gasteiger partial charge in [-0.3, -0.25) is 28.8 Å². The molecule has 2 aromatic heterocycles. The molecule has 9 nitrogen and oxygen atoms in total. The zero-order chi connectivity index (χ0) is 38.9. The van der Waals surface area contributed by atoms with Crippen molar-refractivity contribution in [3.05, 3.63) is 116 Å². The number of fused-ring (bicyclic) bond motifs is 6. The fourth-order valence-corrected chi connectivity index (χ4v) is 11.9. The number of aromatic hydroxyl groups is 1. The number of rotatable bonds is 4. The van der Waals surface area contributed by atoms with Crippen LogP contribution < -0.4 is 9.80 Å². The number of halogens is 2. The Morgan fingerprint density at radius 3 is 2.39 bits per heavy atom. The molecule has 56 heavy (non-hydrogen) atoms. The molecule has 6 atom stereocenters. The molecule has 0 bridgehead atoms. The zero-order valence-corrected chi connectivity index (χ0v) is 34.2. The Labute approximate surface area is 344 Å². The minimum absolute atomic E-state index is 0.109. The van der Waals surface area contributed by atoms with Gasteiger partial charge in [-0.25, -0.2) is 4.90 Å². The molecule has 4 aliphatic rings. The van der Waals surface area contributed by atoms with Gasteiger partial charge in [-0.2, -0.15) is 5.10 Å². The van der Waals surface area contributed by atoms with Crippen molar-refractivity contribution < 1.29 is 24.3 Å². The number of anilines is 2. The van der Waals surface area contributed by atoms with E-state index in [0.29, 0.717) is 34.0 Å². The van der Waals surface area contributed by atoms with Crippen LogP contribution in [0.1, 0.15) is 36.8 Å². The number of allylic oxidation sites excluding steroid dienone is 2. The number of phenols is 1. The van der Waals surface area contributed by atoms with Crippen LogP contribution in [-0.4, -0.2) is 38.5 Å². The number of hydrogen-bond acceptors (Lipinski definition) is 7. The molecule has 1 N–H and O–H groups in total. The first-order valence-electron chi connectivity index (χ1n) is 18.5. The van der Waals surface area contributed by atoms with Crippen LogP contribution in [0, 0.1) is 39.6 Å². The lowest BCUT2D eigenvalue weighted by Crippen LogP contribution is -2.49. The fraction of sp³-hybridized carbons (Fsp3) is 0.250. The summed E-state index contributed by atoms with van der Waals surface area (Å²) < 4.78 is 3.63. The molecule has 1 saturated carbocycles. The standard InChI is InChI=1S/C44H34ClIN4O5S/c1-21-30-18-22(45)8-17-35(30)56-39(21)33-20-36(48(3)47-33)50-41(53)32-19-31-28(13-14-29-37(31)42(54)49(40(29)52)24-11-9-23(46)10-12-24)38(44(32,2)43(50)55)27-15-16-34(51)26-7-5-4-6-25(26)27/h4-13,15-18,20,29,31-32,37-38,51H,14,19H2,1-3H3. The lowest BCUT2D eigenvalue weighted by atomic mass is 9.51. The predicted molar refractivity (Wildman–Crippen MR) is 226 cm³/mol. The maximum atomic E-state index is 15.3. The van der Waals surface area contributed by atoms with Gasteiger partial charge >= 0.3 is 0 Å². The van der Waals surface area contributed by atoms with Crippen LogP contribution in [0.5, 0.6) is 5.75 Å². The summed E-state index contributed by atoms with van der Waals surface area (Å²) in [5.74, 6) is -3.94. The van der Waals surface area contributed by atoms with E-state index in [1.807, 2.05) is 74.5 Å². The largest absolute Gasteiger partial charge is 0.507 e. The lowest BCUT2D eigenvalue weighted by molar-refractivity contribution is -0.131. The Morgan fingerprint density at radius 1 is 0.875 bits per heavy atom. The second kappa shape index (κ2) is 12.6. The molecule has 3 fully saturated rings. The van der Waals surface area contributed by atoms with Gasteiger partial charge in [0.2, 0.25) is 23.6 Å². The van der Waals surface area contributed by atoms with Gasteiger partial charge in [0.05, 0.1) is 33.7 Å². The number of carbonyl (C=O) groups excluding carboxylic acids is 4. The molecule has 2 aliphatic heterocycles. The van der Waals surface area contributed by atoms with E-state index in [9.17, 15) is 14.7 Å². The average Bonchev–Trinajstić information content (AvgIpc) is 3.86. The van der Waals surface area contributed by atoms with E-state index >= 15 is 9.59 Å². The molecule has 2 saturated heterocycles. The van der Waals surface area contributed by atoms with E-state index in [4.69, 9.17) is 16.7 Å². The quantitative estimate of drug-likeness (QED) is 0.107. The Morgan fingerprint density at radius 2 is 1.62 bits per heavy atom. The number of benzene rings is 4. The first-order chi connectivity index (χ1) is 26.9. The van der Waals surface area contributed by atoms with Crippen molar-refractivity contribution in [3.63, 3.8) is 0 Å². The first-order valence-corrected chi connectivity index (χ1v) is 20.8. The molecular weight excluding hydrogens is 859 g/mol. The Balaban J connectivity index is 1.12. The average molecular weight is 893 g/mol. The van der Waals surface area contributed by atoms with E-state index in [1.165, 1.54) is 9.80 Å². The maximum absolute atomic E-state index is 15.3. The van der Waals surface area contributed by atoms with Crippen LogP contribution >= 0.6 is 45.5 Å². The van der Waals surface area contributed by atoms with Crippen LogP contribution in [0.3, 0.4) is 0 Å². The van der Waals surface area contributed by atoms with E-state index in [2.05, 4.69) is 28.7 Å². The molecule has 0 radical (unpaired) electrons. The molecule has 280 valence electrons. The second-order valence-electron chi connectivity index (χ2n) is 15.6. The van der Waals surface area contributed by atoms with Crippen molar-refractivity contribution in [2.24, 2.45) is 36.1 Å². The van der Waals surface area contributed by atoms with Crippen molar-refractivity contribution >= 4 is 102 Å². The van der Waals surface area contributed by atoms with E-state index in [0.717, 1.165) is 40.6 Å². The van der Waals surface area contributed by atoms with E-state index < -0.39 is 35.0 Å². The molecule has 6 aromatic rings. The van der Waals surface area contributed by atoms with Gasteiger partial charge in [0.15, 0.2) is 0 Å². The molecule has 10 rings (SSSR count).